The quantitative estimate of drug-likeness (QED) is 0.437. The molecule has 0 aromatic heterocycles. The van der Waals surface area contributed by atoms with Crippen molar-refractivity contribution in [1.29, 1.82) is 0 Å². The third-order valence-corrected chi connectivity index (χ3v) is 5.86. The predicted molar refractivity (Wildman–Crippen MR) is 133 cm³/mol. The molecule has 2 heterocycles. The van der Waals surface area contributed by atoms with Crippen LogP contribution < -0.4 is 4.74 Å². The zero-order valence-electron chi connectivity index (χ0n) is 22.5. The topological polar surface area (TPSA) is 104 Å². The van der Waals surface area contributed by atoms with Crippen molar-refractivity contribution in [3.8, 4) is 5.75 Å². The average molecular weight is 509 g/mol. The number of carbonyl (C=O) groups excluding carboxylic acids is 3. The fourth-order valence-corrected chi connectivity index (χ4v) is 4.00. The van der Waals surface area contributed by atoms with Gasteiger partial charge in [0.25, 0.3) is 0 Å². The molecule has 1 aromatic rings. The zero-order chi connectivity index (χ0) is 26.9. The molecule has 2 aliphatic rings. The summed E-state index contributed by atoms with van der Waals surface area (Å²) in [6, 6.07) is 4.45. The van der Waals surface area contributed by atoms with Gasteiger partial charge in [-0.15, -0.1) is 0 Å². The number of rotatable bonds is 5. The maximum absolute atomic E-state index is 12.0. The van der Waals surface area contributed by atoms with E-state index in [9.17, 15) is 14.4 Å². The number of amides is 1. The average Bonchev–Trinajstić information content (AvgIpc) is 3.26. The normalized spacial score (nSPS) is 18.6. The summed E-state index contributed by atoms with van der Waals surface area (Å²) >= 11 is 0. The van der Waals surface area contributed by atoms with Crippen LogP contribution in [0.3, 0.4) is 0 Å². The molecule has 0 saturated carbocycles. The van der Waals surface area contributed by atoms with Crippen LogP contribution in [0.15, 0.2) is 18.2 Å². The first kappa shape index (κ1) is 29.4. The van der Waals surface area contributed by atoms with E-state index in [1.54, 1.807) is 11.0 Å². The molecule has 2 fully saturated rings. The number of piperidine rings is 1. The standard InChI is InChI=1S/C15H28N2O3.C11H12O5/c1-15(2,3)20-14(18)17-9-6-12(7-10-17)19-13-5-8-16(4)11-13;1-14-7-4-5-8(10(12)15-2)9(6-7)11(13)16-3/h12-13H,5-11H2,1-4H3;4-6H,1-3H3. The maximum atomic E-state index is 12.0. The van der Waals surface area contributed by atoms with Gasteiger partial charge in [-0.05, 0) is 65.3 Å². The number of likely N-dealkylation sites (tertiary alicyclic amines) is 2. The molecular formula is C26H40N2O8. The number of ether oxygens (including phenoxy) is 5. The molecule has 0 radical (unpaired) electrons. The molecular weight excluding hydrogens is 468 g/mol. The highest BCUT2D eigenvalue weighted by atomic mass is 16.6. The first-order valence-corrected chi connectivity index (χ1v) is 12.1. The summed E-state index contributed by atoms with van der Waals surface area (Å²) in [6.45, 7) is 9.34. The van der Waals surface area contributed by atoms with E-state index >= 15 is 0 Å². The van der Waals surface area contributed by atoms with E-state index in [4.69, 9.17) is 14.2 Å². The number of carbonyl (C=O) groups is 3. The molecule has 2 saturated heterocycles. The van der Waals surface area contributed by atoms with E-state index in [1.807, 2.05) is 20.8 Å². The number of benzene rings is 1. The third kappa shape index (κ3) is 8.98. The van der Waals surface area contributed by atoms with Crippen LogP contribution in [-0.4, -0.2) is 100 Å². The van der Waals surface area contributed by atoms with Crippen molar-refractivity contribution >= 4 is 18.0 Å². The van der Waals surface area contributed by atoms with Crippen LogP contribution in [-0.2, 0) is 18.9 Å². The van der Waals surface area contributed by atoms with E-state index < -0.39 is 17.5 Å². The molecule has 0 aliphatic carbocycles. The fraction of sp³-hybridized carbons (Fsp3) is 0.654. The summed E-state index contributed by atoms with van der Waals surface area (Å²) in [6.07, 6.45) is 3.43. The number of nitrogens with zero attached hydrogens (tertiary/aromatic N) is 2. The second-order valence-electron chi connectivity index (χ2n) is 9.87. The van der Waals surface area contributed by atoms with Crippen LogP contribution in [0.1, 0.15) is 60.7 Å². The number of esters is 2. The van der Waals surface area contributed by atoms with E-state index in [2.05, 4.69) is 21.4 Å². The first-order chi connectivity index (χ1) is 17.0. The SMILES string of the molecule is CN1CCC(OC2CCN(C(=O)OC(C)(C)C)CC2)C1.COC(=O)c1ccc(OC)cc1C(=O)OC. The number of hydrogen-bond acceptors (Lipinski definition) is 9. The Balaban J connectivity index is 0.000000261. The highest BCUT2D eigenvalue weighted by Crippen LogP contribution is 2.21. The van der Waals surface area contributed by atoms with Gasteiger partial charge in [0.15, 0.2) is 0 Å². The fourth-order valence-electron chi connectivity index (χ4n) is 4.00. The highest BCUT2D eigenvalue weighted by Gasteiger charge is 2.30. The molecule has 0 bridgehead atoms. The first-order valence-electron chi connectivity index (χ1n) is 12.1. The van der Waals surface area contributed by atoms with Crippen molar-refractivity contribution in [3.05, 3.63) is 29.3 Å². The van der Waals surface area contributed by atoms with Crippen LogP contribution in [0.25, 0.3) is 0 Å². The van der Waals surface area contributed by atoms with Gasteiger partial charge < -0.3 is 33.5 Å². The van der Waals surface area contributed by atoms with Gasteiger partial charge in [-0.3, -0.25) is 0 Å². The van der Waals surface area contributed by atoms with Gasteiger partial charge in [0.2, 0.25) is 0 Å². The highest BCUT2D eigenvalue weighted by molar-refractivity contribution is 6.03. The van der Waals surface area contributed by atoms with Gasteiger partial charge >= 0.3 is 18.0 Å². The molecule has 1 unspecified atom stereocenters. The molecule has 2 aliphatic heterocycles. The minimum atomic E-state index is -0.612. The molecule has 202 valence electrons. The lowest BCUT2D eigenvalue weighted by atomic mass is 10.1. The van der Waals surface area contributed by atoms with Crippen LogP contribution in [0.2, 0.25) is 0 Å². The Hall–Kier alpha value is -2.85. The van der Waals surface area contributed by atoms with Gasteiger partial charge in [0.05, 0.1) is 44.7 Å². The van der Waals surface area contributed by atoms with Gasteiger partial charge in [0, 0.05) is 26.2 Å². The predicted octanol–water partition coefficient (Wildman–Crippen LogP) is 3.38. The molecule has 1 amide bonds. The molecule has 10 nitrogen and oxygen atoms in total. The van der Waals surface area contributed by atoms with Crippen molar-refractivity contribution in [2.24, 2.45) is 0 Å². The Kier molecular flexibility index (Phi) is 11.0. The monoisotopic (exact) mass is 508 g/mol. The van der Waals surface area contributed by atoms with Crippen LogP contribution in [0.4, 0.5) is 4.79 Å². The molecule has 36 heavy (non-hydrogen) atoms. The molecule has 1 atom stereocenters. The lowest BCUT2D eigenvalue weighted by molar-refractivity contribution is -0.0413. The van der Waals surface area contributed by atoms with E-state index in [1.165, 1.54) is 33.5 Å². The Morgan fingerprint density at radius 1 is 0.861 bits per heavy atom. The lowest BCUT2D eigenvalue weighted by Crippen LogP contribution is -2.44. The van der Waals surface area contributed by atoms with Crippen molar-refractivity contribution in [3.63, 3.8) is 0 Å². The molecule has 3 rings (SSSR count). The Bertz CT molecular complexity index is 890. The van der Waals surface area contributed by atoms with Crippen LogP contribution in [0.5, 0.6) is 5.75 Å². The second-order valence-corrected chi connectivity index (χ2v) is 9.87. The zero-order valence-corrected chi connectivity index (χ0v) is 22.5. The van der Waals surface area contributed by atoms with Crippen LogP contribution >= 0.6 is 0 Å². The minimum absolute atomic E-state index is 0.119. The Labute approximate surface area is 213 Å². The summed E-state index contributed by atoms with van der Waals surface area (Å²) in [5, 5.41) is 0. The van der Waals surface area contributed by atoms with Gasteiger partial charge in [0.1, 0.15) is 11.4 Å². The van der Waals surface area contributed by atoms with E-state index in [0.29, 0.717) is 18.0 Å². The molecule has 1 aromatic carbocycles. The van der Waals surface area contributed by atoms with Crippen molar-refractivity contribution in [1.82, 2.24) is 9.80 Å². The molecule has 0 spiro atoms. The van der Waals surface area contributed by atoms with Crippen molar-refractivity contribution in [2.45, 2.75) is 57.8 Å². The summed E-state index contributed by atoms with van der Waals surface area (Å²) in [4.78, 5) is 38.9. The molecule has 0 N–H and O–H groups in total. The summed E-state index contributed by atoms with van der Waals surface area (Å²) < 4.78 is 25.6. The molecule has 10 heteroatoms. The van der Waals surface area contributed by atoms with Crippen molar-refractivity contribution < 1.29 is 38.1 Å². The third-order valence-electron chi connectivity index (χ3n) is 5.86. The second kappa shape index (κ2) is 13.5. The van der Waals surface area contributed by atoms with E-state index in [-0.39, 0.29) is 17.2 Å². The van der Waals surface area contributed by atoms with Crippen LogP contribution in [0, 0.1) is 0 Å². The number of likely N-dealkylation sites (N-methyl/N-ethyl adjacent to an activating group) is 1. The number of methoxy groups -OCH3 is 3. The van der Waals surface area contributed by atoms with Gasteiger partial charge in [-0.1, -0.05) is 0 Å². The lowest BCUT2D eigenvalue weighted by Gasteiger charge is -2.34. The summed E-state index contributed by atoms with van der Waals surface area (Å²) in [7, 11) is 6.08. The summed E-state index contributed by atoms with van der Waals surface area (Å²) in [5.74, 6) is -0.740. The Morgan fingerprint density at radius 2 is 1.44 bits per heavy atom. The Morgan fingerprint density at radius 3 is 1.94 bits per heavy atom. The van der Waals surface area contributed by atoms with Crippen molar-refractivity contribution in [2.75, 3.05) is 54.6 Å². The van der Waals surface area contributed by atoms with Gasteiger partial charge in [-0.2, -0.15) is 0 Å². The largest absolute Gasteiger partial charge is 0.497 e. The van der Waals surface area contributed by atoms with E-state index in [0.717, 1.165) is 45.4 Å². The maximum Gasteiger partial charge on any atom is 0.410 e. The van der Waals surface area contributed by atoms with Gasteiger partial charge in [-0.25, -0.2) is 14.4 Å². The minimum Gasteiger partial charge on any atom is -0.497 e. The smallest absolute Gasteiger partial charge is 0.410 e. The summed E-state index contributed by atoms with van der Waals surface area (Å²) in [5.41, 5.74) is -0.150. The number of hydrogen-bond donors (Lipinski definition) is 0.